The van der Waals surface area contributed by atoms with Crippen molar-refractivity contribution in [2.75, 3.05) is 0 Å². The summed E-state index contributed by atoms with van der Waals surface area (Å²) in [7, 11) is 0. The number of aliphatic imine (C=N–C) groups is 1. The first kappa shape index (κ1) is 15.7. The Labute approximate surface area is 141 Å². The fraction of sp³-hybridized carbons (Fsp3) is 0.0476. The molecular weight excluding hydrogens is 296 g/mol. The summed E-state index contributed by atoms with van der Waals surface area (Å²) in [4.78, 5) is 16.6. The molecule has 0 aliphatic rings. The predicted molar refractivity (Wildman–Crippen MR) is 97.2 cm³/mol. The van der Waals surface area contributed by atoms with Crippen molar-refractivity contribution in [2.45, 2.75) is 6.54 Å². The molecule has 0 saturated carbocycles. The van der Waals surface area contributed by atoms with Gasteiger partial charge >= 0.3 is 6.03 Å². The van der Waals surface area contributed by atoms with Gasteiger partial charge in [-0.1, -0.05) is 91.0 Å². The van der Waals surface area contributed by atoms with E-state index in [9.17, 15) is 4.79 Å². The van der Waals surface area contributed by atoms with Gasteiger partial charge in [0.1, 0.15) is 0 Å². The number of benzene rings is 3. The highest BCUT2D eigenvalue weighted by Crippen LogP contribution is 2.11. The van der Waals surface area contributed by atoms with Gasteiger partial charge in [-0.15, -0.1) is 0 Å². The number of carbonyl (C=O) groups excluding carboxylic acids is 1. The third-order valence-electron chi connectivity index (χ3n) is 3.59. The Bertz CT molecular complexity index is 771. The van der Waals surface area contributed by atoms with Gasteiger partial charge in [0.2, 0.25) is 0 Å². The van der Waals surface area contributed by atoms with Crippen LogP contribution in [0.4, 0.5) is 4.79 Å². The Hall–Kier alpha value is -3.20. The molecule has 0 fully saturated rings. The first-order chi connectivity index (χ1) is 11.8. The molecule has 118 valence electrons. The van der Waals surface area contributed by atoms with Gasteiger partial charge < -0.3 is 5.32 Å². The highest BCUT2D eigenvalue weighted by Gasteiger charge is 2.09. The molecule has 0 bridgehead atoms. The van der Waals surface area contributed by atoms with Gasteiger partial charge in [-0.05, 0) is 5.56 Å². The number of amides is 2. The van der Waals surface area contributed by atoms with Crippen LogP contribution in [-0.2, 0) is 6.54 Å². The van der Waals surface area contributed by atoms with Crippen molar-refractivity contribution >= 4 is 11.7 Å². The molecule has 0 radical (unpaired) electrons. The van der Waals surface area contributed by atoms with Crippen LogP contribution in [0.25, 0.3) is 0 Å². The Morgan fingerprint density at radius 3 is 1.67 bits per heavy atom. The van der Waals surface area contributed by atoms with Crippen LogP contribution in [0.2, 0.25) is 0 Å². The number of carbonyl (C=O) groups is 1. The summed E-state index contributed by atoms with van der Waals surface area (Å²) in [6, 6.07) is 28.9. The van der Waals surface area contributed by atoms with Crippen molar-refractivity contribution in [3.8, 4) is 0 Å². The topological polar surface area (TPSA) is 41.5 Å². The van der Waals surface area contributed by atoms with Gasteiger partial charge in [0.15, 0.2) is 0 Å². The molecule has 3 aromatic rings. The van der Waals surface area contributed by atoms with Crippen LogP contribution >= 0.6 is 0 Å². The van der Waals surface area contributed by atoms with Gasteiger partial charge in [0, 0.05) is 17.7 Å². The normalized spacial score (nSPS) is 10.0. The van der Waals surface area contributed by atoms with Gasteiger partial charge in [0.25, 0.3) is 0 Å². The van der Waals surface area contributed by atoms with E-state index in [1.165, 1.54) is 0 Å². The summed E-state index contributed by atoms with van der Waals surface area (Å²) in [5, 5.41) is 2.84. The second kappa shape index (κ2) is 7.88. The van der Waals surface area contributed by atoms with Crippen molar-refractivity contribution in [1.82, 2.24) is 5.32 Å². The van der Waals surface area contributed by atoms with Gasteiger partial charge in [-0.3, -0.25) is 0 Å². The maximum atomic E-state index is 12.3. The zero-order chi connectivity index (χ0) is 16.6. The molecule has 1 N–H and O–H groups in total. The molecule has 0 spiro atoms. The summed E-state index contributed by atoms with van der Waals surface area (Å²) < 4.78 is 0. The van der Waals surface area contributed by atoms with Crippen molar-refractivity contribution in [2.24, 2.45) is 4.99 Å². The maximum absolute atomic E-state index is 12.3. The van der Waals surface area contributed by atoms with Crippen LogP contribution < -0.4 is 5.32 Å². The van der Waals surface area contributed by atoms with Gasteiger partial charge in [-0.2, -0.15) is 4.99 Å². The van der Waals surface area contributed by atoms with Crippen LogP contribution in [0.3, 0.4) is 0 Å². The SMILES string of the molecule is O=C(N=C(c1ccccc1)c1ccccc1)NCc1ccccc1. The number of rotatable bonds is 4. The van der Waals surface area contributed by atoms with E-state index in [1.54, 1.807) is 0 Å². The molecule has 0 aliphatic heterocycles. The lowest BCUT2D eigenvalue weighted by molar-refractivity contribution is 0.249. The standard InChI is InChI=1S/C21H18N2O/c24-21(22-16-17-10-4-1-5-11-17)23-20(18-12-6-2-7-13-18)19-14-8-3-9-15-19/h1-15H,16H2,(H,22,24). The Balaban J connectivity index is 1.82. The minimum Gasteiger partial charge on any atom is -0.332 e. The summed E-state index contributed by atoms with van der Waals surface area (Å²) >= 11 is 0. The lowest BCUT2D eigenvalue weighted by atomic mass is 10.0. The third-order valence-corrected chi connectivity index (χ3v) is 3.59. The fourth-order valence-corrected chi connectivity index (χ4v) is 2.40. The molecular formula is C21H18N2O. The number of hydrogen-bond donors (Lipinski definition) is 1. The van der Waals surface area contributed by atoms with E-state index in [1.807, 2.05) is 91.0 Å². The molecule has 2 amide bonds. The number of nitrogens with one attached hydrogen (secondary N) is 1. The van der Waals surface area contributed by atoms with Gasteiger partial charge in [0.05, 0.1) is 5.71 Å². The quantitative estimate of drug-likeness (QED) is 0.711. The van der Waals surface area contributed by atoms with E-state index < -0.39 is 0 Å². The average molecular weight is 314 g/mol. The molecule has 0 atom stereocenters. The lowest BCUT2D eigenvalue weighted by Crippen LogP contribution is -2.21. The van der Waals surface area contributed by atoms with Crippen LogP contribution in [0.15, 0.2) is 96.0 Å². The zero-order valence-electron chi connectivity index (χ0n) is 13.2. The first-order valence-electron chi connectivity index (χ1n) is 7.84. The number of urea groups is 1. The van der Waals surface area contributed by atoms with Crippen molar-refractivity contribution < 1.29 is 4.79 Å². The van der Waals surface area contributed by atoms with E-state index in [2.05, 4.69) is 10.3 Å². The van der Waals surface area contributed by atoms with E-state index >= 15 is 0 Å². The largest absolute Gasteiger partial charge is 0.341 e. The summed E-state index contributed by atoms with van der Waals surface area (Å²) in [5.74, 6) is 0. The summed E-state index contributed by atoms with van der Waals surface area (Å²) in [5.41, 5.74) is 3.54. The predicted octanol–water partition coefficient (Wildman–Crippen LogP) is 4.43. The number of hydrogen-bond acceptors (Lipinski definition) is 1. The second-order valence-corrected chi connectivity index (χ2v) is 5.34. The molecule has 3 rings (SSSR count). The Kier molecular flexibility index (Phi) is 5.15. The molecule has 3 nitrogen and oxygen atoms in total. The van der Waals surface area contributed by atoms with Gasteiger partial charge in [-0.25, -0.2) is 4.79 Å². The second-order valence-electron chi connectivity index (χ2n) is 5.34. The highest BCUT2D eigenvalue weighted by molar-refractivity contribution is 6.16. The van der Waals surface area contributed by atoms with Crippen molar-refractivity contribution in [3.63, 3.8) is 0 Å². The number of nitrogens with zero attached hydrogens (tertiary/aromatic N) is 1. The Morgan fingerprint density at radius 2 is 1.17 bits per heavy atom. The van der Waals surface area contributed by atoms with E-state index in [4.69, 9.17) is 0 Å². The average Bonchev–Trinajstić information content (AvgIpc) is 2.67. The highest BCUT2D eigenvalue weighted by atomic mass is 16.2. The lowest BCUT2D eigenvalue weighted by Gasteiger charge is -2.08. The first-order valence-corrected chi connectivity index (χ1v) is 7.84. The molecule has 0 heterocycles. The Morgan fingerprint density at radius 1 is 0.708 bits per heavy atom. The third kappa shape index (κ3) is 4.17. The summed E-state index contributed by atoms with van der Waals surface area (Å²) in [6.45, 7) is 0.458. The fourth-order valence-electron chi connectivity index (χ4n) is 2.40. The van der Waals surface area contributed by atoms with Crippen LogP contribution in [-0.4, -0.2) is 11.7 Å². The molecule has 0 aromatic heterocycles. The van der Waals surface area contributed by atoms with Crippen molar-refractivity contribution in [3.05, 3.63) is 108 Å². The van der Waals surface area contributed by atoms with Crippen LogP contribution in [0.1, 0.15) is 16.7 Å². The monoisotopic (exact) mass is 314 g/mol. The van der Waals surface area contributed by atoms with Crippen molar-refractivity contribution in [1.29, 1.82) is 0 Å². The molecule has 24 heavy (non-hydrogen) atoms. The molecule has 0 saturated heterocycles. The van der Waals surface area contributed by atoms with Crippen LogP contribution in [0, 0.1) is 0 Å². The molecule has 0 unspecified atom stereocenters. The molecule has 3 aromatic carbocycles. The van der Waals surface area contributed by atoms with E-state index in [0.29, 0.717) is 12.3 Å². The van der Waals surface area contributed by atoms with Crippen LogP contribution in [0.5, 0.6) is 0 Å². The zero-order valence-corrected chi connectivity index (χ0v) is 13.2. The minimum absolute atomic E-state index is 0.346. The minimum atomic E-state index is -0.346. The smallest absolute Gasteiger partial charge is 0.332 e. The van der Waals surface area contributed by atoms with E-state index in [0.717, 1.165) is 16.7 Å². The molecule has 0 aliphatic carbocycles. The summed E-state index contributed by atoms with van der Waals surface area (Å²) in [6.07, 6.45) is 0. The maximum Gasteiger partial charge on any atom is 0.341 e. The van der Waals surface area contributed by atoms with E-state index in [-0.39, 0.29) is 6.03 Å². The molecule has 3 heteroatoms.